The van der Waals surface area contributed by atoms with Gasteiger partial charge in [-0.2, -0.15) is 0 Å². The van der Waals surface area contributed by atoms with Crippen LogP contribution in [0.4, 0.5) is 5.69 Å². The average molecular weight is 292 g/mol. The molecule has 1 aliphatic carbocycles. The Morgan fingerprint density at radius 2 is 2.00 bits per heavy atom. The first-order valence-corrected chi connectivity index (χ1v) is 7.23. The van der Waals surface area contributed by atoms with Gasteiger partial charge in [-0.1, -0.05) is 25.3 Å². The molecule has 0 heterocycles. The fourth-order valence-corrected chi connectivity index (χ4v) is 3.24. The van der Waals surface area contributed by atoms with Crippen molar-refractivity contribution < 1.29 is 14.8 Å². The minimum atomic E-state index is -1.29. The maximum atomic E-state index is 11.4. The minimum absolute atomic E-state index is 0.237. The first-order valence-electron chi connectivity index (χ1n) is 7.23. The molecule has 1 aliphatic rings. The highest BCUT2D eigenvalue weighted by molar-refractivity contribution is 5.93. The number of carboxylic acid groups (broad SMARTS) is 1. The van der Waals surface area contributed by atoms with Crippen LogP contribution in [0.2, 0.25) is 0 Å². The summed E-state index contributed by atoms with van der Waals surface area (Å²) in [7, 11) is 0. The molecule has 3 N–H and O–H groups in total. The molecule has 114 valence electrons. The van der Waals surface area contributed by atoms with E-state index in [-0.39, 0.29) is 17.2 Å². The minimum Gasteiger partial charge on any atom is -0.477 e. The number of hydrogen-bond donors (Lipinski definition) is 2. The van der Waals surface area contributed by atoms with Crippen molar-refractivity contribution in [3.63, 3.8) is 0 Å². The van der Waals surface area contributed by atoms with Crippen molar-refractivity contribution in [1.82, 2.24) is 0 Å². The van der Waals surface area contributed by atoms with Gasteiger partial charge in [0.05, 0.1) is 10.5 Å². The molecule has 6 nitrogen and oxygen atoms in total. The van der Waals surface area contributed by atoms with Gasteiger partial charge >= 0.3 is 5.97 Å². The Labute approximate surface area is 123 Å². The van der Waals surface area contributed by atoms with Crippen molar-refractivity contribution in [2.75, 3.05) is 0 Å². The molecular weight excluding hydrogens is 272 g/mol. The van der Waals surface area contributed by atoms with Crippen LogP contribution in [0.5, 0.6) is 0 Å². The lowest BCUT2D eigenvalue weighted by atomic mass is 9.80. The number of nitro groups is 1. The Bertz CT molecular complexity index is 563. The van der Waals surface area contributed by atoms with E-state index < -0.39 is 16.9 Å². The lowest BCUT2D eigenvalue weighted by Crippen LogP contribution is -2.17. The van der Waals surface area contributed by atoms with E-state index in [1.54, 1.807) is 13.0 Å². The van der Waals surface area contributed by atoms with Gasteiger partial charge in [0.25, 0.3) is 5.69 Å². The normalized spacial score (nSPS) is 17.4. The standard InChI is InChI=1S/C15H20N2O4/c1-9(16)13-11(10-5-3-2-4-6-10)7-8-12(15(18)19)14(13)17(20)21/h7-10H,2-6,16H2,1H3,(H,18,19). The lowest BCUT2D eigenvalue weighted by Gasteiger charge is -2.25. The fourth-order valence-electron chi connectivity index (χ4n) is 3.24. The van der Waals surface area contributed by atoms with Crippen LogP contribution >= 0.6 is 0 Å². The second-order valence-corrected chi connectivity index (χ2v) is 5.65. The Hall–Kier alpha value is -1.95. The molecule has 0 saturated heterocycles. The third kappa shape index (κ3) is 3.05. The van der Waals surface area contributed by atoms with Crippen molar-refractivity contribution in [3.8, 4) is 0 Å². The van der Waals surface area contributed by atoms with Crippen LogP contribution < -0.4 is 5.73 Å². The summed E-state index contributed by atoms with van der Waals surface area (Å²) >= 11 is 0. The topological polar surface area (TPSA) is 106 Å². The quantitative estimate of drug-likeness (QED) is 0.653. The maximum Gasteiger partial charge on any atom is 0.342 e. The second kappa shape index (κ2) is 6.22. The molecule has 1 atom stereocenters. The lowest BCUT2D eigenvalue weighted by molar-refractivity contribution is -0.386. The Morgan fingerprint density at radius 1 is 1.38 bits per heavy atom. The van der Waals surface area contributed by atoms with Crippen LogP contribution in [-0.4, -0.2) is 16.0 Å². The molecule has 1 aromatic carbocycles. The van der Waals surface area contributed by atoms with Crippen LogP contribution in [0.3, 0.4) is 0 Å². The van der Waals surface area contributed by atoms with Gasteiger partial charge in [0, 0.05) is 6.04 Å². The Kier molecular flexibility index (Phi) is 4.57. The number of aromatic carboxylic acids is 1. The number of carbonyl (C=O) groups is 1. The van der Waals surface area contributed by atoms with Crippen LogP contribution in [0.15, 0.2) is 12.1 Å². The zero-order valence-corrected chi connectivity index (χ0v) is 12.0. The van der Waals surface area contributed by atoms with Crippen LogP contribution in [0.1, 0.15) is 72.5 Å². The van der Waals surface area contributed by atoms with Crippen molar-refractivity contribution >= 4 is 11.7 Å². The highest BCUT2D eigenvalue weighted by Gasteiger charge is 2.31. The van der Waals surface area contributed by atoms with Gasteiger partial charge in [-0.05, 0) is 37.3 Å². The molecule has 1 unspecified atom stereocenters. The smallest absolute Gasteiger partial charge is 0.342 e. The molecule has 21 heavy (non-hydrogen) atoms. The number of nitro benzene ring substituents is 1. The summed E-state index contributed by atoms with van der Waals surface area (Å²) in [6.45, 7) is 1.67. The molecule has 0 spiro atoms. The maximum absolute atomic E-state index is 11.4. The van der Waals surface area contributed by atoms with Gasteiger partial charge in [0.15, 0.2) is 0 Å². The summed E-state index contributed by atoms with van der Waals surface area (Å²) in [5, 5.41) is 20.5. The number of hydrogen-bond acceptors (Lipinski definition) is 4. The van der Waals surface area contributed by atoms with E-state index in [0.717, 1.165) is 31.2 Å². The van der Waals surface area contributed by atoms with Gasteiger partial charge in [-0.25, -0.2) is 4.79 Å². The zero-order chi connectivity index (χ0) is 15.6. The highest BCUT2D eigenvalue weighted by Crippen LogP contribution is 2.40. The van der Waals surface area contributed by atoms with Crippen molar-refractivity contribution in [3.05, 3.63) is 38.9 Å². The van der Waals surface area contributed by atoms with Gasteiger partial charge in [-0.15, -0.1) is 0 Å². The van der Waals surface area contributed by atoms with E-state index in [1.807, 2.05) is 0 Å². The summed E-state index contributed by atoms with van der Waals surface area (Å²) in [6, 6.07) is 2.49. The second-order valence-electron chi connectivity index (χ2n) is 5.65. The molecule has 0 radical (unpaired) electrons. The molecule has 1 aromatic rings. The van der Waals surface area contributed by atoms with Gasteiger partial charge in [0.1, 0.15) is 5.56 Å². The highest BCUT2D eigenvalue weighted by atomic mass is 16.6. The molecule has 0 amide bonds. The number of carboxylic acids is 1. The molecular formula is C15H20N2O4. The van der Waals surface area contributed by atoms with E-state index in [1.165, 1.54) is 12.5 Å². The third-order valence-electron chi connectivity index (χ3n) is 4.16. The summed E-state index contributed by atoms with van der Waals surface area (Å²) in [6.07, 6.45) is 5.32. The van der Waals surface area contributed by atoms with Gasteiger partial charge < -0.3 is 10.8 Å². The first kappa shape index (κ1) is 15.4. The fraction of sp³-hybridized carbons (Fsp3) is 0.533. The first-order chi connectivity index (χ1) is 9.93. The van der Waals surface area contributed by atoms with Crippen molar-refractivity contribution in [2.24, 2.45) is 5.73 Å². The largest absolute Gasteiger partial charge is 0.477 e. The van der Waals surface area contributed by atoms with Gasteiger partial charge in [0.2, 0.25) is 0 Å². The van der Waals surface area contributed by atoms with Gasteiger partial charge in [-0.3, -0.25) is 10.1 Å². The van der Waals surface area contributed by atoms with Crippen LogP contribution in [-0.2, 0) is 0 Å². The summed E-state index contributed by atoms with van der Waals surface area (Å²) in [5.74, 6) is -1.06. The predicted octanol–water partition coefficient (Wildman–Crippen LogP) is 3.36. The van der Waals surface area contributed by atoms with E-state index in [0.29, 0.717) is 5.56 Å². The average Bonchev–Trinajstić information content (AvgIpc) is 2.46. The summed E-state index contributed by atoms with van der Waals surface area (Å²) < 4.78 is 0. The van der Waals surface area contributed by atoms with Crippen LogP contribution in [0, 0.1) is 10.1 Å². The number of nitrogens with two attached hydrogens (primary N) is 1. The molecule has 0 aromatic heterocycles. The number of rotatable bonds is 4. The van der Waals surface area contributed by atoms with E-state index in [9.17, 15) is 20.0 Å². The predicted molar refractivity (Wildman–Crippen MR) is 78.5 cm³/mol. The van der Waals surface area contributed by atoms with Crippen LogP contribution in [0.25, 0.3) is 0 Å². The number of benzene rings is 1. The molecule has 2 rings (SSSR count). The van der Waals surface area contributed by atoms with E-state index in [2.05, 4.69) is 0 Å². The monoisotopic (exact) mass is 292 g/mol. The molecule has 1 saturated carbocycles. The Balaban J connectivity index is 2.63. The molecule has 1 fully saturated rings. The SMILES string of the molecule is CC(N)c1c(C2CCCCC2)ccc(C(=O)O)c1[N+](=O)[O-]. The molecule has 0 bridgehead atoms. The van der Waals surface area contributed by atoms with E-state index in [4.69, 9.17) is 5.73 Å². The number of nitrogens with zero attached hydrogens (tertiary/aromatic N) is 1. The zero-order valence-electron chi connectivity index (χ0n) is 12.0. The third-order valence-corrected chi connectivity index (χ3v) is 4.16. The molecule has 0 aliphatic heterocycles. The summed E-state index contributed by atoms with van der Waals surface area (Å²) in [4.78, 5) is 22.0. The van der Waals surface area contributed by atoms with Crippen molar-refractivity contribution in [1.29, 1.82) is 0 Å². The summed E-state index contributed by atoms with van der Waals surface area (Å²) in [5.41, 5.74) is 6.53. The van der Waals surface area contributed by atoms with Crippen molar-refractivity contribution in [2.45, 2.75) is 51.0 Å². The Morgan fingerprint density at radius 3 is 2.48 bits per heavy atom. The molecule has 6 heteroatoms. The van der Waals surface area contributed by atoms with E-state index >= 15 is 0 Å².